The van der Waals surface area contributed by atoms with Crippen molar-refractivity contribution in [3.63, 3.8) is 0 Å². The highest BCUT2D eigenvalue weighted by Crippen LogP contribution is 2.40. The average molecular weight is 420 g/mol. The first kappa shape index (κ1) is 19.9. The molecule has 0 aliphatic carbocycles. The molecule has 4 rings (SSSR count). The van der Waals surface area contributed by atoms with E-state index in [1.54, 1.807) is 24.3 Å². The minimum Gasteiger partial charge on any atom is -0.293 e. The third-order valence-corrected chi connectivity index (χ3v) is 6.71. The molecule has 28 heavy (non-hydrogen) atoms. The van der Waals surface area contributed by atoms with E-state index < -0.39 is 16.2 Å². The fourth-order valence-electron chi connectivity index (χ4n) is 4.63. The lowest BCUT2D eigenvalue weighted by molar-refractivity contribution is 0.150. The van der Waals surface area contributed by atoms with E-state index in [0.717, 1.165) is 23.4 Å². The van der Waals surface area contributed by atoms with Gasteiger partial charge >= 0.3 is 0 Å². The van der Waals surface area contributed by atoms with Crippen LogP contribution >= 0.6 is 11.6 Å². The lowest BCUT2D eigenvalue weighted by Crippen LogP contribution is -2.35. The van der Waals surface area contributed by atoms with Gasteiger partial charge in [0.1, 0.15) is 6.10 Å². The normalized spacial score (nSPS) is 24.1. The van der Waals surface area contributed by atoms with Crippen LogP contribution in [0.5, 0.6) is 0 Å². The average Bonchev–Trinajstić information content (AvgIpc) is 3.11. The van der Waals surface area contributed by atoms with Crippen LogP contribution in [0, 0.1) is 0 Å². The number of hydrogen-bond donors (Lipinski definition) is 0. The highest BCUT2D eigenvalue weighted by atomic mass is 35.5. The predicted molar refractivity (Wildman–Crippen MR) is 112 cm³/mol. The van der Waals surface area contributed by atoms with Gasteiger partial charge in [-0.25, -0.2) is 0 Å². The highest BCUT2D eigenvalue weighted by Gasteiger charge is 2.35. The van der Waals surface area contributed by atoms with Crippen LogP contribution in [0.15, 0.2) is 48.5 Å². The first-order chi connectivity index (χ1) is 13.4. The van der Waals surface area contributed by atoms with Crippen molar-refractivity contribution in [3.05, 3.63) is 70.2 Å². The zero-order chi connectivity index (χ0) is 19.7. The van der Waals surface area contributed by atoms with Crippen LogP contribution in [0.2, 0.25) is 5.02 Å². The Bertz CT molecular complexity index is 912. The van der Waals surface area contributed by atoms with Crippen LogP contribution in [0.3, 0.4) is 0 Å². The summed E-state index contributed by atoms with van der Waals surface area (Å²) in [5.41, 5.74) is 2.89. The summed E-state index contributed by atoms with van der Waals surface area (Å²) in [5, 5.41) is 0.606. The van der Waals surface area contributed by atoms with Crippen molar-refractivity contribution in [3.8, 4) is 0 Å². The number of nitrogens with zero attached hydrogens (tertiary/aromatic N) is 1. The molecule has 2 aromatic rings. The molecule has 2 saturated heterocycles. The van der Waals surface area contributed by atoms with Gasteiger partial charge in [0.05, 0.1) is 6.26 Å². The molecule has 0 N–H and O–H groups in total. The Morgan fingerprint density at radius 1 is 0.964 bits per heavy atom. The van der Waals surface area contributed by atoms with E-state index >= 15 is 0 Å². The molecule has 2 fully saturated rings. The van der Waals surface area contributed by atoms with Crippen molar-refractivity contribution < 1.29 is 12.6 Å². The van der Waals surface area contributed by atoms with Crippen molar-refractivity contribution in [2.24, 2.45) is 0 Å². The van der Waals surface area contributed by atoms with E-state index in [2.05, 4.69) is 17.0 Å². The molecule has 0 radical (unpaired) electrons. The van der Waals surface area contributed by atoms with Crippen LogP contribution in [0.4, 0.5) is 0 Å². The van der Waals surface area contributed by atoms with Gasteiger partial charge in [-0.1, -0.05) is 54.4 Å². The van der Waals surface area contributed by atoms with E-state index in [-0.39, 0.29) is 0 Å². The Hall–Kier alpha value is -1.40. The number of halogens is 1. The molecule has 6 heteroatoms. The van der Waals surface area contributed by atoms with Crippen LogP contribution in [-0.4, -0.2) is 32.2 Å². The Morgan fingerprint density at radius 2 is 1.61 bits per heavy atom. The third-order valence-electron chi connectivity index (χ3n) is 5.91. The van der Waals surface area contributed by atoms with Gasteiger partial charge in [0.25, 0.3) is 10.1 Å². The second-order valence-corrected chi connectivity index (χ2v) is 9.92. The van der Waals surface area contributed by atoms with Crippen LogP contribution in [0.1, 0.15) is 60.9 Å². The largest absolute Gasteiger partial charge is 0.293 e. The van der Waals surface area contributed by atoms with Crippen molar-refractivity contribution >= 4 is 21.7 Å². The first-order valence-electron chi connectivity index (χ1n) is 9.90. The Morgan fingerprint density at radius 3 is 2.25 bits per heavy atom. The van der Waals surface area contributed by atoms with Crippen LogP contribution < -0.4 is 0 Å². The molecule has 3 atom stereocenters. The molecule has 2 aliphatic heterocycles. The van der Waals surface area contributed by atoms with Gasteiger partial charge in [-0.2, -0.15) is 8.42 Å². The minimum absolute atomic E-state index is 0.476. The standard InChI is InChI=1S/C22H26ClNO3S/c1-28(25,26)27-22(18-9-11-19(23)12-10-18)17-7-5-16(6-8-17)21-14-13-20-4-2-3-15-24(20)21/h5-12,20-22H,2-4,13-15H2,1H3. The fraction of sp³-hybridized carbons (Fsp3) is 0.455. The second kappa shape index (κ2) is 8.15. The molecule has 0 amide bonds. The van der Waals surface area contributed by atoms with Crippen LogP contribution in [0.25, 0.3) is 0 Å². The topological polar surface area (TPSA) is 46.6 Å². The summed E-state index contributed by atoms with van der Waals surface area (Å²) in [6, 6.07) is 16.6. The van der Waals surface area contributed by atoms with Gasteiger partial charge < -0.3 is 0 Å². The van der Waals surface area contributed by atoms with Gasteiger partial charge in [-0.05, 0) is 61.1 Å². The van der Waals surface area contributed by atoms with E-state index in [0.29, 0.717) is 11.1 Å². The summed E-state index contributed by atoms with van der Waals surface area (Å²) in [5.74, 6) is 0. The lowest BCUT2D eigenvalue weighted by Gasteiger charge is -2.34. The Labute approximate surface area is 172 Å². The van der Waals surface area contributed by atoms with Crippen molar-refractivity contribution in [1.29, 1.82) is 0 Å². The Kier molecular flexibility index (Phi) is 5.79. The summed E-state index contributed by atoms with van der Waals surface area (Å²) in [4.78, 5) is 2.65. The van der Waals surface area contributed by atoms with E-state index in [9.17, 15) is 8.42 Å². The van der Waals surface area contributed by atoms with Crippen molar-refractivity contribution in [2.45, 2.75) is 50.3 Å². The maximum Gasteiger partial charge on any atom is 0.265 e. The van der Waals surface area contributed by atoms with E-state index in [1.165, 1.54) is 44.2 Å². The van der Waals surface area contributed by atoms with Crippen LogP contribution in [-0.2, 0) is 14.3 Å². The molecule has 150 valence electrons. The fourth-order valence-corrected chi connectivity index (χ4v) is 5.32. The minimum atomic E-state index is -3.61. The third kappa shape index (κ3) is 4.43. The zero-order valence-electron chi connectivity index (χ0n) is 16.1. The lowest BCUT2D eigenvalue weighted by atomic mass is 9.97. The monoisotopic (exact) mass is 419 g/mol. The van der Waals surface area contributed by atoms with Gasteiger partial charge in [-0.3, -0.25) is 9.08 Å². The summed E-state index contributed by atoms with van der Waals surface area (Å²) >= 11 is 5.98. The molecule has 2 heterocycles. The molecule has 2 aliphatic rings. The molecule has 2 aromatic carbocycles. The summed E-state index contributed by atoms with van der Waals surface area (Å²) in [6.07, 6.45) is 6.83. The number of rotatable bonds is 5. The summed E-state index contributed by atoms with van der Waals surface area (Å²) in [7, 11) is -3.61. The molecular weight excluding hydrogens is 394 g/mol. The molecular formula is C22H26ClNO3S. The van der Waals surface area contributed by atoms with Crippen molar-refractivity contribution in [1.82, 2.24) is 4.90 Å². The summed E-state index contributed by atoms with van der Waals surface area (Å²) in [6.45, 7) is 1.18. The van der Waals surface area contributed by atoms with Gasteiger partial charge in [-0.15, -0.1) is 0 Å². The SMILES string of the molecule is CS(=O)(=O)OC(c1ccc(Cl)cc1)c1ccc(C2CCC3CCCCN32)cc1. The van der Waals surface area contributed by atoms with Crippen molar-refractivity contribution in [2.75, 3.05) is 12.8 Å². The maximum absolute atomic E-state index is 11.8. The van der Waals surface area contributed by atoms with E-state index in [4.69, 9.17) is 15.8 Å². The molecule has 0 saturated carbocycles. The zero-order valence-corrected chi connectivity index (χ0v) is 17.6. The Balaban J connectivity index is 1.60. The second-order valence-electron chi connectivity index (χ2n) is 7.88. The smallest absolute Gasteiger partial charge is 0.265 e. The number of fused-ring (bicyclic) bond motifs is 1. The van der Waals surface area contributed by atoms with Gasteiger partial charge in [0.2, 0.25) is 0 Å². The quantitative estimate of drug-likeness (QED) is 0.633. The first-order valence-corrected chi connectivity index (χ1v) is 12.1. The molecule has 0 spiro atoms. The number of benzene rings is 2. The molecule has 0 bridgehead atoms. The summed E-state index contributed by atoms with van der Waals surface area (Å²) < 4.78 is 29.1. The van der Waals surface area contributed by atoms with E-state index in [1.807, 2.05) is 12.1 Å². The highest BCUT2D eigenvalue weighted by molar-refractivity contribution is 7.86. The molecule has 3 unspecified atom stereocenters. The maximum atomic E-state index is 11.8. The molecule has 0 aromatic heterocycles. The molecule has 4 nitrogen and oxygen atoms in total. The number of piperidine rings is 1. The predicted octanol–water partition coefficient (Wildman–Crippen LogP) is 5.10. The number of hydrogen-bond acceptors (Lipinski definition) is 4. The van der Waals surface area contributed by atoms with Gasteiger partial charge in [0.15, 0.2) is 0 Å². The van der Waals surface area contributed by atoms with Gasteiger partial charge in [0, 0.05) is 17.1 Å².